The monoisotopic (exact) mass is 260 g/mol. The van der Waals surface area contributed by atoms with Crippen LogP contribution in [0.25, 0.3) is 0 Å². The zero-order chi connectivity index (χ0) is 13.8. The van der Waals surface area contributed by atoms with E-state index >= 15 is 0 Å². The lowest BCUT2D eigenvalue weighted by Crippen LogP contribution is -2.40. The van der Waals surface area contributed by atoms with Gasteiger partial charge in [0, 0.05) is 11.7 Å². The van der Waals surface area contributed by atoms with Crippen LogP contribution in [0, 0.1) is 5.92 Å². The maximum absolute atomic E-state index is 12.3. The molecule has 1 aromatic carbocycles. The number of amides is 1. The van der Waals surface area contributed by atoms with Crippen LogP contribution in [0.15, 0.2) is 24.3 Å². The highest BCUT2D eigenvalue weighted by Gasteiger charge is 2.23. The number of anilines is 1. The summed E-state index contributed by atoms with van der Waals surface area (Å²) in [7, 11) is 0. The average Bonchev–Trinajstić information content (AvgIpc) is 2.38. The van der Waals surface area contributed by atoms with Crippen LogP contribution < -0.4 is 11.1 Å². The van der Waals surface area contributed by atoms with Crippen molar-refractivity contribution in [2.45, 2.75) is 51.5 Å². The number of hydrogen-bond acceptors (Lipinski definition) is 2. The van der Waals surface area contributed by atoms with Crippen LogP contribution in [0.3, 0.4) is 0 Å². The molecule has 3 atom stereocenters. The quantitative estimate of drug-likeness (QED) is 0.821. The Morgan fingerprint density at radius 1 is 1.42 bits per heavy atom. The van der Waals surface area contributed by atoms with Crippen LogP contribution in [0.1, 0.15) is 51.0 Å². The van der Waals surface area contributed by atoms with Crippen LogP contribution in [0.2, 0.25) is 0 Å². The third-order valence-electron chi connectivity index (χ3n) is 4.09. The van der Waals surface area contributed by atoms with Gasteiger partial charge in [-0.25, -0.2) is 0 Å². The average molecular weight is 260 g/mol. The standard InChI is InChI=1S/C16H24N2O/c1-11-5-3-8-15(9-11)18-16(19)12(2)13-6-4-7-14(17)10-13/h4,6-7,10-12,15H,3,5,8-9,17H2,1-2H3,(H,18,19). The number of nitrogens with two attached hydrogens (primary N) is 1. The van der Waals surface area contributed by atoms with E-state index in [9.17, 15) is 4.79 Å². The van der Waals surface area contributed by atoms with Crippen LogP contribution >= 0.6 is 0 Å². The zero-order valence-corrected chi connectivity index (χ0v) is 11.9. The molecule has 1 aromatic rings. The Labute approximate surface area is 115 Å². The van der Waals surface area contributed by atoms with Gasteiger partial charge in [-0.15, -0.1) is 0 Å². The van der Waals surface area contributed by atoms with Crippen molar-refractivity contribution < 1.29 is 4.79 Å². The minimum absolute atomic E-state index is 0.115. The number of nitrogens with one attached hydrogen (secondary N) is 1. The van der Waals surface area contributed by atoms with E-state index in [1.165, 1.54) is 12.8 Å². The van der Waals surface area contributed by atoms with Gasteiger partial charge in [0.15, 0.2) is 0 Å². The molecular weight excluding hydrogens is 236 g/mol. The lowest BCUT2D eigenvalue weighted by atomic mass is 9.86. The number of hydrogen-bond donors (Lipinski definition) is 2. The Morgan fingerprint density at radius 3 is 2.89 bits per heavy atom. The summed E-state index contributed by atoms with van der Waals surface area (Å²) >= 11 is 0. The van der Waals surface area contributed by atoms with E-state index in [1.54, 1.807) is 0 Å². The molecule has 0 saturated heterocycles. The molecule has 19 heavy (non-hydrogen) atoms. The molecule has 0 radical (unpaired) electrons. The highest BCUT2D eigenvalue weighted by atomic mass is 16.1. The van der Waals surface area contributed by atoms with Crippen molar-refractivity contribution in [2.75, 3.05) is 5.73 Å². The predicted molar refractivity (Wildman–Crippen MR) is 78.8 cm³/mol. The first-order valence-corrected chi connectivity index (χ1v) is 7.22. The van der Waals surface area contributed by atoms with Crippen LogP contribution in [0.4, 0.5) is 5.69 Å². The van der Waals surface area contributed by atoms with E-state index in [0.717, 1.165) is 24.3 Å². The summed E-state index contributed by atoms with van der Waals surface area (Å²) in [6.45, 7) is 4.20. The molecule has 3 unspecified atom stereocenters. The van der Waals surface area contributed by atoms with Crippen molar-refractivity contribution in [3.8, 4) is 0 Å². The summed E-state index contributed by atoms with van der Waals surface area (Å²) < 4.78 is 0. The first kappa shape index (κ1) is 13.9. The highest BCUT2D eigenvalue weighted by Crippen LogP contribution is 2.25. The molecule has 1 aliphatic carbocycles. The van der Waals surface area contributed by atoms with E-state index in [1.807, 2.05) is 31.2 Å². The summed E-state index contributed by atoms with van der Waals surface area (Å²) in [5.74, 6) is 0.701. The number of rotatable bonds is 3. The maximum atomic E-state index is 12.3. The minimum Gasteiger partial charge on any atom is -0.399 e. The molecule has 0 aromatic heterocycles. The first-order valence-electron chi connectivity index (χ1n) is 7.22. The Kier molecular flexibility index (Phi) is 4.46. The molecule has 1 saturated carbocycles. The zero-order valence-electron chi connectivity index (χ0n) is 11.9. The van der Waals surface area contributed by atoms with Crippen molar-refractivity contribution in [2.24, 2.45) is 5.92 Å². The van der Waals surface area contributed by atoms with Crippen molar-refractivity contribution in [3.05, 3.63) is 29.8 Å². The summed E-state index contributed by atoms with van der Waals surface area (Å²) in [4.78, 5) is 12.3. The van der Waals surface area contributed by atoms with Gasteiger partial charge < -0.3 is 11.1 Å². The lowest BCUT2D eigenvalue weighted by molar-refractivity contribution is -0.123. The van der Waals surface area contributed by atoms with Gasteiger partial charge in [-0.2, -0.15) is 0 Å². The summed E-state index contributed by atoms with van der Waals surface area (Å²) in [5, 5.41) is 3.19. The van der Waals surface area contributed by atoms with Gasteiger partial charge in [0.25, 0.3) is 0 Å². The van der Waals surface area contributed by atoms with E-state index in [-0.39, 0.29) is 11.8 Å². The summed E-state index contributed by atoms with van der Waals surface area (Å²) in [6, 6.07) is 7.94. The molecule has 0 aliphatic heterocycles. The predicted octanol–water partition coefficient (Wildman–Crippen LogP) is 3.07. The molecule has 2 rings (SSSR count). The van der Waals surface area contributed by atoms with Gasteiger partial charge >= 0.3 is 0 Å². The van der Waals surface area contributed by atoms with Crippen molar-refractivity contribution in [1.29, 1.82) is 0 Å². The molecule has 0 bridgehead atoms. The van der Waals surface area contributed by atoms with Gasteiger partial charge in [-0.1, -0.05) is 31.9 Å². The summed E-state index contributed by atoms with van der Waals surface area (Å²) in [6.07, 6.45) is 4.73. The molecule has 3 nitrogen and oxygen atoms in total. The second-order valence-electron chi connectivity index (χ2n) is 5.87. The van der Waals surface area contributed by atoms with Crippen molar-refractivity contribution >= 4 is 11.6 Å². The Bertz CT molecular complexity index is 444. The number of carbonyl (C=O) groups is 1. The molecule has 1 aliphatic rings. The fourth-order valence-corrected chi connectivity index (χ4v) is 2.87. The number of carbonyl (C=O) groups excluding carboxylic acids is 1. The third kappa shape index (κ3) is 3.72. The van der Waals surface area contributed by atoms with Crippen LogP contribution in [0.5, 0.6) is 0 Å². The van der Waals surface area contributed by atoms with Gasteiger partial charge in [0.1, 0.15) is 0 Å². The fraction of sp³-hybridized carbons (Fsp3) is 0.562. The van der Waals surface area contributed by atoms with Gasteiger partial charge in [-0.05, 0) is 43.4 Å². The second-order valence-corrected chi connectivity index (χ2v) is 5.87. The Morgan fingerprint density at radius 2 is 2.21 bits per heavy atom. The topological polar surface area (TPSA) is 55.1 Å². The highest BCUT2D eigenvalue weighted by molar-refractivity contribution is 5.83. The van der Waals surface area contributed by atoms with Gasteiger partial charge in [0.2, 0.25) is 5.91 Å². The molecular formula is C16H24N2O. The Balaban J connectivity index is 1.95. The van der Waals surface area contributed by atoms with Gasteiger partial charge in [-0.3, -0.25) is 4.79 Å². The van der Waals surface area contributed by atoms with E-state index in [0.29, 0.717) is 11.7 Å². The number of benzene rings is 1. The van der Waals surface area contributed by atoms with Crippen LogP contribution in [-0.4, -0.2) is 11.9 Å². The van der Waals surface area contributed by atoms with Crippen molar-refractivity contribution in [1.82, 2.24) is 5.32 Å². The second kappa shape index (κ2) is 6.09. The fourth-order valence-electron chi connectivity index (χ4n) is 2.87. The molecule has 104 valence electrons. The van der Waals surface area contributed by atoms with E-state index in [2.05, 4.69) is 12.2 Å². The molecule has 3 heteroatoms. The lowest BCUT2D eigenvalue weighted by Gasteiger charge is -2.28. The molecule has 1 amide bonds. The first-order chi connectivity index (χ1) is 9.06. The van der Waals surface area contributed by atoms with Gasteiger partial charge in [0.05, 0.1) is 5.92 Å². The largest absolute Gasteiger partial charge is 0.399 e. The maximum Gasteiger partial charge on any atom is 0.227 e. The SMILES string of the molecule is CC1CCCC(NC(=O)C(C)c2cccc(N)c2)C1. The number of nitrogen functional groups attached to an aromatic ring is 1. The molecule has 0 spiro atoms. The van der Waals surface area contributed by atoms with Crippen molar-refractivity contribution in [3.63, 3.8) is 0 Å². The minimum atomic E-state index is -0.138. The van der Waals surface area contributed by atoms with Crippen LogP contribution in [-0.2, 0) is 4.79 Å². The normalized spacial score (nSPS) is 24.7. The smallest absolute Gasteiger partial charge is 0.227 e. The van der Waals surface area contributed by atoms with E-state index < -0.39 is 0 Å². The Hall–Kier alpha value is -1.51. The molecule has 3 N–H and O–H groups in total. The molecule has 0 heterocycles. The molecule has 1 fully saturated rings. The van der Waals surface area contributed by atoms with E-state index in [4.69, 9.17) is 5.73 Å². The summed E-state index contributed by atoms with van der Waals surface area (Å²) in [5.41, 5.74) is 7.47. The third-order valence-corrected chi connectivity index (χ3v) is 4.09.